The van der Waals surface area contributed by atoms with E-state index in [1.54, 1.807) is 0 Å². The van der Waals surface area contributed by atoms with E-state index in [1.807, 2.05) is 0 Å². The van der Waals surface area contributed by atoms with Crippen LogP contribution < -0.4 is 10.5 Å². The van der Waals surface area contributed by atoms with E-state index >= 15 is 0 Å². The number of aromatic nitrogens is 1. The number of benzene rings is 1. The maximum absolute atomic E-state index is 12.9. The molecule has 0 aliphatic heterocycles. The molecule has 1 aromatic carbocycles. The number of pyridine rings is 1. The SMILES string of the molecule is Nc1nc(Oc2ccc(F)cc2Br)ccc1[N+](=O)[O-]. The standard InChI is InChI=1S/C11H7BrFN3O3/c12-7-5-6(13)1-3-9(7)19-10-4-2-8(16(17)18)11(14)15-10/h1-5H,(H2,14,15). The second-order valence-corrected chi connectivity index (χ2v) is 4.34. The van der Waals surface area contributed by atoms with Crippen molar-refractivity contribution < 1.29 is 14.1 Å². The minimum absolute atomic E-state index is 0.0791. The van der Waals surface area contributed by atoms with Crippen LogP contribution >= 0.6 is 15.9 Å². The lowest BCUT2D eigenvalue weighted by Gasteiger charge is -2.07. The van der Waals surface area contributed by atoms with Gasteiger partial charge in [-0.1, -0.05) is 0 Å². The molecule has 0 bridgehead atoms. The third-order valence-electron chi connectivity index (χ3n) is 2.18. The van der Waals surface area contributed by atoms with Crippen molar-refractivity contribution in [1.82, 2.24) is 4.98 Å². The first-order valence-electron chi connectivity index (χ1n) is 5.01. The summed E-state index contributed by atoms with van der Waals surface area (Å²) in [5.74, 6) is -0.270. The summed E-state index contributed by atoms with van der Waals surface area (Å²) in [6.45, 7) is 0. The number of rotatable bonds is 3. The molecule has 8 heteroatoms. The molecule has 0 amide bonds. The number of nitro groups is 1. The number of halogens is 2. The van der Waals surface area contributed by atoms with E-state index in [4.69, 9.17) is 10.5 Å². The van der Waals surface area contributed by atoms with Crippen molar-refractivity contribution in [2.75, 3.05) is 5.73 Å². The Balaban J connectivity index is 2.29. The van der Waals surface area contributed by atoms with Gasteiger partial charge < -0.3 is 10.5 Å². The molecule has 0 aliphatic rings. The summed E-state index contributed by atoms with van der Waals surface area (Å²) in [5, 5.41) is 10.6. The number of hydrogen-bond donors (Lipinski definition) is 1. The molecule has 0 radical (unpaired) electrons. The van der Waals surface area contributed by atoms with Gasteiger partial charge in [0.15, 0.2) is 0 Å². The summed E-state index contributed by atoms with van der Waals surface area (Å²) >= 11 is 3.13. The molecule has 0 saturated carbocycles. The first kappa shape index (κ1) is 13.2. The van der Waals surface area contributed by atoms with Crippen LogP contribution in [0.4, 0.5) is 15.9 Å². The Morgan fingerprint density at radius 3 is 2.68 bits per heavy atom. The molecule has 2 N–H and O–H groups in total. The van der Waals surface area contributed by atoms with E-state index in [2.05, 4.69) is 20.9 Å². The third-order valence-corrected chi connectivity index (χ3v) is 2.80. The van der Waals surface area contributed by atoms with Crippen LogP contribution in [0.2, 0.25) is 0 Å². The number of nitrogens with zero attached hydrogens (tertiary/aromatic N) is 2. The van der Waals surface area contributed by atoms with Crippen molar-refractivity contribution >= 4 is 27.4 Å². The van der Waals surface area contributed by atoms with Crippen LogP contribution in [0.3, 0.4) is 0 Å². The lowest BCUT2D eigenvalue weighted by atomic mass is 10.3. The van der Waals surface area contributed by atoms with Gasteiger partial charge in [-0.3, -0.25) is 10.1 Å². The lowest BCUT2D eigenvalue weighted by Crippen LogP contribution is -1.99. The molecule has 6 nitrogen and oxygen atoms in total. The number of hydrogen-bond acceptors (Lipinski definition) is 5. The van der Waals surface area contributed by atoms with E-state index in [0.29, 0.717) is 10.2 Å². The van der Waals surface area contributed by atoms with Crippen molar-refractivity contribution in [2.45, 2.75) is 0 Å². The van der Waals surface area contributed by atoms with Gasteiger partial charge >= 0.3 is 5.69 Å². The summed E-state index contributed by atoms with van der Waals surface area (Å²) in [7, 11) is 0. The number of anilines is 1. The van der Waals surface area contributed by atoms with Gasteiger partial charge in [0.05, 0.1) is 9.40 Å². The molecular weight excluding hydrogens is 321 g/mol. The molecule has 0 spiro atoms. The van der Waals surface area contributed by atoms with Crippen LogP contribution in [0.1, 0.15) is 0 Å². The summed E-state index contributed by atoms with van der Waals surface area (Å²) in [6.07, 6.45) is 0. The Hall–Kier alpha value is -2.22. The van der Waals surface area contributed by atoms with Crippen molar-refractivity contribution in [3.8, 4) is 11.6 Å². The first-order valence-corrected chi connectivity index (χ1v) is 5.80. The van der Waals surface area contributed by atoms with Gasteiger partial charge in [0.25, 0.3) is 0 Å². The minimum Gasteiger partial charge on any atom is -0.438 e. The van der Waals surface area contributed by atoms with E-state index in [9.17, 15) is 14.5 Å². The molecule has 98 valence electrons. The van der Waals surface area contributed by atoms with Crippen LogP contribution in [0, 0.1) is 15.9 Å². The second kappa shape index (κ2) is 5.19. The fraction of sp³-hybridized carbons (Fsp3) is 0. The average molecular weight is 328 g/mol. The minimum atomic E-state index is -0.639. The molecule has 1 aromatic heterocycles. The van der Waals surface area contributed by atoms with E-state index in [-0.39, 0.29) is 17.4 Å². The maximum Gasteiger partial charge on any atom is 0.311 e. The summed E-state index contributed by atoms with van der Waals surface area (Å²) in [4.78, 5) is 13.7. The van der Waals surface area contributed by atoms with E-state index in [1.165, 1.54) is 30.3 Å². The summed E-state index contributed by atoms with van der Waals surface area (Å²) < 4.78 is 18.6. The zero-order chi connectivity index (χ0) is 14.0. The molecule has 19 heavy (non-hydrogen) atoms. The monoisotopic (exact) mass is 327 g/mol. The van der Waals surface area contributed by atoms with Gasteiger partial charge in [0.1, 0.15) is 11.6 Å². The summed E-state index contributed by atoms with van der Waals surface area (Å²) in [6, 6.07) is 6.34. The molecule has 2 rings (SSSR count). The van der Waals surface area contributed by atoms with Crippen LogP contribution in [0.25, 0.3) is 0 Å². The predicted octanol–water partition coefficient (Wildman–Crippen LogP) is 3.27. The third kappa shape index (κ3) is 2.97. The second-order valence-electron chi connectivity index (χ2n) is 3.49. The normalized spacial score (nSPS) is 10.2. The quantitative estimate of drug-likeness (QED) is 0.690. The smallest absolute Gasteiger partial charge is 0.311 e. The Bertz CT molecular complexity index is 651. The Kier molecular flexibility index (Phi) is 3.61. The van der Waals surface area contributed by atoms with Crippen molar-refractivity contribution in [3.05, 3.63) is 50.7 Å². The highest BCUT2D eigenvalue weighted by Crippen LogP contribution is 2.31. The van der Waals surface area contributed by atoms with Gasteiger partial charge in [0.2, 0.25) is 11.7 Å². The zero-order valence-electron chi connectivity index (χ0n) is 9.34. The maximum atomic E-state index is 12.9. The highest BCUT2D eigenvalue weighted by molar-refractivity contribution is 9.10. The number of nitrogen functional groups attached to an aromatic ring is 1. The molecule has 0 fully saturated rings. The molecule has 0 aliphatic carbocycles. The largest absolute Gasteiger partial charge is 0.438 e. The molecule has 0 saturated heterocycles. The van der Waals surface area contributed by atoms with Gasteiger partial charge in [-0.05, 0) is 34.1 Å². The zero-order valence-corrected chi connectivity index (χ0v) is 10.9. The number of ether oxygens (including phenoxy) is 1. The molecule has 2 aromatic rings. The Morgan fingerprint density at radius 1 is 1.37 bits per heavy atom. The van der Waals surface area contributed by atoms with Gasteiger partial charge in [-0.25, -0.2) is 4.39 Å². The molecular formula is C11H7BrFN3O3. The lowest BCUT2D eigenvalue weighted by molar-refractivity contribution is -0.384. The van der Waals surface area contributed by atoms with Crippen LogP contribution in [-0.4, -0.2) is 9.91 Å². The van der Waals surface area contributed by atoms with Gasteiger partial charge in [-0.2, -0.15) is 4.98 Å². The highest BCUT2D eigenvalue weighted by atomic mass is 79.9. The fourth-order valence-corrected chi connectivity index (χ4v) is 1.76. The topological polar surface area (TPSA) is 91.3 Å². The van der Waals surface area contributed by atoms with Crippen molar-refractivity contribution in [3.63, 3.8) is 0 Å². The van der Waals surface area contributed by atoms with Crippen LogP contribution in [0.5, 0.6) is 11.6 Å². The average Bonchev–Trinajstić information content (AvgIpc) is 2.32. The molecule has 1 heterocycles. The van der Waals surface area contributed by atoms with Crippen LogP contribution in [0.15, 0.2) is 34.8 Å². The Morgan fingerprint density at radius 2 is 2.11 bits per heavy atom. The molecule has 0 unspecified atom stereocenters. The highest BCUT2D eigenvalue weighted by Gasteiger charge is 2.14. The van der Waals surface area contributed by atoms with Gasteiger partial charge in [-0.15, -0.1) is 0 Å². The van der Waals surface area contributed by atoms with Gasteiger partial charge in [0, 0.05) is 12.1 Å². The first-order chi connectivity index (χ1) is 8.97. The fourth-order valence-electron chi connectivity index (χ4n) is 1.33. The van der Waals surface area contributed by atoms with Crippen LogP contribution in [-0.2, 0) is 0 Å². The van der Waals surface area contributed by atoms with E-state index in [0.717, 1.165) is 0 Å². The van der Waals surface area contributed by atoms with Crippen molar-refractivity contribution in [1.29, 1.82) is 0 Å². The predicted molar refractivity (Wildman–Crippen MR) is 69.5 cm³/mol. The van der Waals surface area contributed by atoms with Crippen molar-refractivity contribution in [2.24, 2.45) is 0 Å². The molecule has 0 atom stereocenters. The number of nitrogens with two attached hydrogens (primary N) is 1. The Labute approximate surface area is 115 Å². The summed E-state index contributed by atoms with van der Waals surface area (Å²) in [5.41, 5.74) is 5.13. The van der Waals surface area contributed by atoms with E-state index < -0.39 is 10.7 Å².